The minimum Gasteiger partial charge on any atom is -0.390 e. The smallest absolute Gasteiger partial charge is 0.0916 e. The number of fused-ring (bicyclic) bond motifs is 1. The van der Waals surface area contributed by atoms with Crippen molar-refractivity contribution in [3.05, 3.63) is 71.3 Å². The van der Waals surface area contributed by atoms with Crippen LogP contribution in [0.1, 0.15) is 49.5 Å². The third-order valence-corrected chi connectivity index (χ3v) is 6.75. The number of likely N-dealkylation sites (tertiary alicyclic amines) is 1. The molecule has 1 saturated heterocycles. The number of rotatable bonds is 6. The first-order chi connectivity index (χ1) is 13.7. The van der Waals surface area contributed by atoms with E-state index >= 15 is 0 Å². The summed E-state index contributed by atoms with van der Waals surface area (Å²) < 4.78 is 0. The molecule has 1 aliphatic heterocycles. The molecule has 0 amide bonds. The molecular weight excluding hydrogens is 362 g/mol. The predicted octanol–water partition coefficient (Wildman–Crippen LogP) is 3.26. The second-order valence-electron chi connectivity index (χ2n) is 9.73. The third-order valence-electron chi connectivity index (χ3n) is 6.75. The second kappa shape index (κ2) is 7.84. The largest absolute Gasteiger partial charge is 0.390 e. The predicted molar refractivity (Wildman–Crippen MR) is 114 cm³/mol. The van der Waals surface area contributed by atoms with Crippen molar-refractivity contribution in [2.24, 2.45) is 11.8 Å². The average Bonchev–Trinajstić information content (AvgIpc) is 3.15. The van der Waals surface area contributed by atoms with Gasteiger partial charge in [-0.3, -0.25) is 4.90 Å². The highest BCUT2D eigenvalue weighted by atomic mass is 16.3. The summed E-state index contributed by atoms with van der Waals surface area (Å²) in [6, 6.07) is 17.9. The molecule has 4 nitrogen and oxygen atoms in total. The van der Waals surface area contributed by atoms with Crippen molar-refractivity contribution in [3.63, 3.8) is 0 Å². The summed E-state index contributed by atoms with van der Waals surface area (Å²) in [5, 5.41) is 31.9. The lowest BCUT2D eigenvalue weighted by atomic mass is 9.91. The Morgan fingerprint density at radius 1 is 1.00 bits per heavy atom. The number of hydrogen-bond acceptors (Lipinski definition) is 4. The van der Waals surface area contributed by atoms with Gasteiger partial charge in [0.05, 0.1) is 17.3 Å². The van der Waals surface area contributed by atoms with Gasteiger partial charge in [-0.2, -0.15) is 0 Å². The van der Waals surface area contributed by atoms with E-state index in [4.69, 9.17) is 0 Å². The van der Waals surface area contributed by atoms with Crippen LogP contribution in [-0.4, -0.2) is 45.5 Å². The molecule has 4 heteroatoms. The van der Waals surface area contributed by atoms with Crippen LogP contribution in [0.4, 0.5) is 0 Å². The van der Waals surface area contributed by atoms with E-state index in [0.29, 0.717) is 18.4 Å². The van der Waals surface area contributed by atoms with Crippen molar-refractivity contribution in [1.29, 1.82) is 0 Å². The molecule has 3 atom stereocenters. The fourth-order valence-electron chi connectivity index (χ4n) is 5.29. The second-order valence-corrected chi connectivity index (χ2v) is 9.73. The first-order valence-electron chi connectivity index (χ1n) is 10.7. The molecule has 2 aliphatic rings. The number of nitrogens with zero attached hydrogens (tertiary/aromatic N) is 1. The highest BCUT2D eigenvalue weighted by molar-refractivity contribution is 5.27. The molecule has 4 rings (SSSR count). The number of aliphatic hydroxyl groups excluding tert-OH is 1. The van der Waals surface area contributed by atoms with Crippen molar-refractivity contribution >= 4 is 0 Å². The molecule has 1 heterocycles. The van der Waals surface area contributed by atoms with Crippen LogP contribution < -0.4 is 0 Å². The van der Waals surface area contributed by atoms with Crippen molar-refractivity contribution in [2.75, 3.05) is 19.6 Å². The van der Waals surface area contributed by atoms with Crippen LogP contribution in [0, 0.1) is 11.8 Å². The van der Waals surface area contributed by atoms with Gasteiger partial charge in [0, 0.05) is 26.1 Å². The van der Waals surface area contributed by atoms with Gasteiger partial charge in [0.2, 0.25) is 0 Å². The zero-order valence-corrected chi connectivity index (χ0v) is 17.5. The zero-order chi connectivity index (χ0) is 20.6. The van der Waals surface area contributed by atoms with E-state index < -0.39 is 17.3 Å². The van der Waals surface area contributed by atoms with E-state index in [1.165, 1.54) is 5.56 Å². The van der Waals surface area contributed by atoms with Crippen LogP contribution in [0.5, 0.6) is 0 Å². The molecular formula is C25H33NO3. The first-order valence-corrected chi connectivity index (χ1v) is 10.7. The lowest BCUT2D eigenvalue weighted by Gasteiger charge is -2.27. The summed E-state index contributed by atoms with van der Waals surface area (Å²) in [5.74, 6) is 1.02. The summed E-state index contributed by atoms with van der Waals surface area (Å²) in [5.41, 5.74) is 1.48. The van der Waals surface area contributed by atoms with Gasteiger partial charge in [0.25, 0.3) is 0 Å². The van der Waals surface area contributed by atoms with Gasteiger partial charge in [-0.15, -0.1) is 0 Å². The van der Waals surface area contributed by atoms with E-state index in [1.807, 2.05) is 42.5 Å². The molecule has 2 fully saturated rings. The topological polar surface area (TPSA) is 63.9 Å². The molecule has 29 heavy (non-hydrogen) atoms. The van der Waals surface area contributed by atoms with Crippen LogP contribution in [-0.2, 0) is 12.0 Å². The molecule has 156 valence electrons. The Labute approximate surface area is 173 Å². The minimum absolute atomic E-state index is 0.508. The van der Waals surface area contributed by atoms with E-state index in [9.17, 15) is 15.3 Å². The van der Waals surface area contributed by atoms with E-state index in [2.05, 4.69) is 17.0 Å². The Bertz CT molecular complexity index is 798. The molecule has 1 aliphatic carbocycles. The van der Waals surface area contributed by atoms with Gasteiger partial charge < -0.3 is 15.3 Å². The third kappa shape index (κ3) is 4.72. The van der Waals surface area contributed by atoms with Gasteiger partial charge in [-0.05, 0) is 55.2 Å². The lowest BCUT2D eigenvalue weighted by molar-refractivity contribution is 0.0328. The molecule has 0 radical (unpaired) electrons. The molecule has 2 aromatic carbocycles. The van der Waals surface area contributed by atoms with Crippen molar-refractivity contribution < 1.29 is 15.3 Å². The zero-order valence-electron chi connectivity index (χ0n) is 17.5. The summed E-state index contributed by atoms with van der Waals surface area (Å²) in [6.07, 6.45) is 1.89. The van der Waals surface area contributed by atoms with Crippen LogP contribution in [0.2, 0.25) is 0 Å². The monoisotopic (exact) mass is 395 g/mol. The number of hydrogen-bond donors (Lipinski definition) is 3. The average molecular weight is 396 g/mol. The number of aliphatic hydroxyl groups is 3. The first kappa shape index (κ1) is 20.5. The summed E-state index contributed by atoms with van der Waals surface area (Å²) in [7, 11) is 0. The van der Waals surface area contributed by atoms with E-state index in [0.717, 1.165) is 43.5 Å². The van der Waals surface area contributed by atoms with Crippen molar-refractivity contribution in [2.45, 2.75) is 50.4 Å². The highest BCUT2D eigenvalue weighted by Crippen LogP contribution is 2.45. The molecule has 3 N–H and O–H groups in total. The maximum atomic E-state index is 11.1. The van der Waals surface area contributed by atoms with Crippen molar-refractivity contribution in [3.8, 4) is 0 Å². The molecule has 0 bridgehead atoms. The van der Waals surface area contributed by atoms with Gasteiger partial charge in [0.1, 0.15) is 0 Å². The molecule has 0 aromatic heterocycles. The van der Waals surface area contributed by atoms with Gasteiger partial charge >= 0.3 is 0 Å². The Balaban J connectivity index is 1.31. The number of benzene rings is 2. The Hall–Kier alpha value is -1.72. The van der Waals surface area contributed by atoms with Crippen LogP contribution >= 0.6 is 0 Å². The SMILES string of the molecule is CC(C)(O)c1ccc([C@@H](O)CN2C[C@@H]3CC(O)(Cc4ccccc4)C[C@H]3C2)cc1. The molecule has 0 unspecified atom stereocenters. The van der Waals surface area contributed by atoms with Crippen LogP contribution in [0.25, 0.3) is 0 Å². The minimum atomic E-state index is -0.869. The van der Waals surface area contributed by atoms with Crippen LogP contribution in [0.3, 0.4) is 0 Å². The quantitative estimate of drug-likeness (QED) is 0.703. The van der Waals surface area contributed by atoms with Crippen LogP contribution in [0.15, 0.2) is 54.6 Å². The van der Waals surface area contributed by atoms with Crippen molar-refractivity contribution in [1.82, 2.24) is 4.90 Å². The number of β-amino-alcohol motifs (C(OH)–C–C–N with tert-alkyl or cyclic N) is 1. The Morgan fingerprint density at radius 2 is 1.59 bits per heavy atom. The molecule has 0 spiro atoms. The fourth-order valence-corrected chi connectivity index (χ4v) is 5.29. The Morgan fingerprint density at radius 3 is 2.14 bits per heavy atom. The summed E-state index contributed by atoms with van der Waals surface area (Å²) in [4.78, 5) is 2.34. The summed E-state index contributed by atoms with van der Waals surface area (Å²) in [6.45, 7) is 6.04. The maximum Gasteiger partial charge on any atom is 0.0916 e. The Kier molecular flexibility index (Phi) is 5.56. The highest BCUT2D eigenvalue weighted by Gasteiger charge is 2.48. The maximum absolute atomic E-state index is 11.1. The summed E-state index contributed by atoms with van der Waals surface area (Å²) >= 11 is 0. The normalized spacial score (nSPS) is 25.1. The van der Waals surface area contributed by atoms with Gasteiger partial charge in [-0.1, -0.05) is 54.6 Å². The van der Waals surface area contributed by atoms with Gasteiger partial charge in [0.15, 0.2) is 0 Å². The fraction of sp³-hybridized carbons (Fsp3) is 0.520. The standard InChI is InChI=1S/C25H33NO3/c1-24(2,28)22-10-8-19(9-11-22)23(27)17-26-15-20-13-25(29,14-21(20)16-26)12-18-6-4-3-5-7-18/h3-11,20-21,23,27-29H,12-17H2,1-2H3/t20-,21-,23-/m0/s1. The molecule has 1 saturated carbocycles. The lowest BCUT2D eigenvalue weighted by Crippen LogP contribution is -2.33. The van der Waals surface area contributed by atoms with Gasteiger partial charge in [-0.25, -0.2) is 0 Å². The van der Waals surface area contributed by atoms with E-state index in [-0.39, 0.29) is 0 Å². The molecule has 2 aromatic rings. The van der Waals surface area contributed by atoms with E-state index in [1.54, 1.807) is 13.8 Å².